The minimum atomic E-state index is -0.157. The van der Waals surface area contributed by atoms with E-state index in [9.17, 15) is 4.79 Å². The average Bonchev–Trinajstić information content (AvgIpc) is 2.03. The molecule has 0 saturated carbocycles. The molecule has 1 atom stereocenters. The van der Waals surface area contributed by atoms with Gasteiger partial charge in [0.05, 0.1) is 0 Å². The molecule has 1 aliphatic rings. The first-order chi connectivity index (χ1) is 5.52. The van der Waals surface area contributed by atoms with Gasteiger partial charge in [-0.15, -0.1) is 0 Å². The van der Waals surface area contributed by atoms with E-state index in [0.717, 1.165) is 19.3 Å². The van der Waals surface area contributed by atoms with Gasteiger partial charge in [0.2, 0.25) is 0 Å². The number of rotatable bonds is 1. The van der Waals surface area contributed by atoms with Crippen molar-refractivity contribution in [3.63, 3.8) is 0 Å². The molecule has 1 heteroatoms. The molecule has 0 radical (unpaired) electrons. The summed E-state index contributed by atoms with van der Waals surface area (Å²) in [7, 11) is 0. The van der Waals surface area contributed by atoms with Crippen molar-refractivity contribution in [1.29, 1.82) is 0 Å². The monoisotopic (exact) mass is 166 g/mol. The highest BCUT2D eigenvalue weighted by atomic mass is 16.1. The van der Waals surface area contributed by atoms with E-state index in [0.29, 0.717) is 5.78 Å². The summed E-state index contributed by atoms with van der Waals surface area (Å²) in [6, 6.07) is 0. The molecular weight excluding hydrogens is 148 g/mol. The normalized spacial score (nSPS) is 24.1. The van der Waals surface area contributed by atoms with E-state index in [-0.39, 0.29) is 11.3 Å². The fourth-order valence-electron chi connectivity index (χ4n) is 1.64. The van der Waals surface area contributed by atoms with Gasteiger partial charge in [0.25, 0.3) is 0 Å². The predicted octanol–water partition coefficient (Wildman–Crippen LogP) is 2.96. The largest absolute Gasteiger partial charge is 0.299 e. The van der Waals surface area contributed by atoms with Crippen LogP contribution in [0.15, 0.2) is 12.2 Å². The SMILES string of the molecule is CC(C)(C)C(=O)C1CC=CCC1. The molecule has 1 rings (SSSR count). The van der Waals surface area contributed by atoms with Crippen LogP contribution in [0.1, 0.15) is 40.0 Å². The Labute approximate surface area is 74.9 Å². The Morgan fingerprint density at radius 2 is 2.00 bits per heavy atom. The van der Waals surface area contributed by atoms with Gasteiger partial charge in [0, 0.05) is 11.3 Å². The quantitative estimate of drug-likeness (QED) is 0.547. The molecule has 68 valence electrons. The van der Waals surface area contributed by atoms with Gasteiger partial charge in [-0.05, 0) is 19.3 Å². The first-order valence-corrected chi connectivity index (χ1v) is 4.71. The summed E-state index contributed by atoms with van der Waals surface area (Å²) in [5.74, 6) is 0.710. The third-order valence-corrected chi connectivity index (χ3v) is 2.38. The minimum absolute atomic E-state index is 0.157. The van der Waals surface area contributed by atoms with Crippen LogP contribution in [0.3, 0.4) is 0 Å². The van der Waals surface area contributed by atoms with Gasteiger partial charge >= 0.3 is 0 Å². The van der Waals surface area contributed by atoms with Crippen LogP contribution in [0.4, 0.5) is 0 Å². The molecule has 1 aliphatic carbocycles. The zero-order valence-corrected chi connectivity index (χ0v) is 8.26. The summed E-state index contributed by atoms with van der Waals surface area (Å²) in [5.41, 5.74) is -0.157. The van der Waals surface area contributed by atoms with Crippen LogP contribution in [0, 0.1) is 11.3 Å². The number of allylic oxidation sites excluding steroid dienone is 2. The number of hydrogen-bond acceptors (Lipinski definition) is 1. The molecule has 12 heavy (non-hydrogen) atoms. The van der Waals surface area contributed by atoms with E-state index in [4.69, 9.17) is 0 Å². The van der Waals surface area contributed by atoms with Crippen LogP contribution in [-0.2, 0) is 4.79 Å². The standard InChI is InChI=1S/C11H18O/c1-11(2,3)10(12)9-7-5-4-6-8-9/h4-5,9H,6-8H2,1-3H3. The average molecular weight is 166 g/mol. The summed E-state index contributed by atoms with van der Waals surface area (Å²) in [5, 5.41) is 0. The maximum atomic E-state index is 11.8. The van der Waals surface area contributed by atoms with Crippen molar-refractivity contribution in [1.82, 2.24) is 0 Å². The fraction of sp³-hybridized carbons (Fsp3) is 0.727. The highest BCUT2D eigenvalue weighted by Crippen LogP contribution is 2.27. The Bertz CT molecular complexity index is 196. The van der Waals surface area contributed by atoms with Gasteiger partial charge in [0.15, 0.2) is 0 Å². The number of hydrogen-bond donors (Lipinski definition) is 0. The van der Waals surface area contributed by atoms with Crippen molar-refractivity contribution < 1.29 is 4.79 Å². The highest BCUT2D eigenvalue weighted by Gasteiger charge is 2.28. The lowest BCUT2D eigenvalue weighted by Crippen LogP contribution is -2.28. The molecular formula is C11H18O. The Morgan fingerprint density at radius 1 is 1.33 bits per heavy atom. The molecule has 0 aromatic carbocycles. The van der Waals surface area contributed by atoms with E-state index in [1.54, 1.807) is 0 Å². The molecule has 0 aliphatic heterocycles. The number of ketones is 1. The lowest BCUT2D eigenvalue weighted by molar-refractivity contribution is -0.130. The molecule has 0 fully saturated rings. The summed E-state index contributed by atoms with van der Waals surface area (Å²) in [6.45, 7) is 6.02. The molecule has 0 spiro atoms. The number of carbonyl (C=O) groups excluding carboxylic acids is 1. The van der Waals surface area contributed by atoms with Crippen molar-refractivity contribution in [2.75, 3.05) is 0 Å². The number of carbonyl (C=O) groups is 1. The van der Waals surface area contributed by atoms with Gasteiger partial charge in [-0.2, -0.15) is 0 Å². The Balaban J connectivity index is 2.59. The van der Waals surface area contributed by atoms with Crippen LogP contribution >= 0.6 is 0 Å². The van der Waals surface area contributed by atoms with Crippen molar-refractivity contribution in [2.24, 2.45) is 11.3 Å². The van der Waals surface area contributed by atoms with Crippen molar-refractivity contribution in [2.45, 2.75) is 40.0 Å². The van der Waals surface area contributed by atoms with E-state index < -0.39 is 0 Å². The molecule has 0 aromatic rings. The highest BCUT2D eigenvalue weighted by molar-refractivity contribution is 5.86. The first-order valence-electron chi connectivity index (χ1n) is 4.71. The summed E-state index contributed by atoms with van der Waals surface area (Å²) in [4.78, 5) is 11.8. The second-order valence-electron chi connectivity index (χ2n) is 4.60. The van der Waals surface area contributed by atoms with E-state index in [2.05, 4.69) is 12.2 Å². The van der Waals surface area contributed by atoms with E-state index in [1.165, 1.54) is 0 Å². The lowest BCUT2D eigenvalue weighted by atomic mass is 9.78. The van der Waals surface area contributed by atoms with Gasteiger partial charge in [-0.3, -0.25) is 4.79 Å². The van der Waals surface area contributed by atoms with Gasteiger partial charge in [-0.25, -0.2) is 0 Å². The second kappa shape index (κ2) is 3.42. The van der Waals surface area contributed by atoms with Crippen molar-refractivity contribution in [3.05, 3.63) is 12.2 Å². The maximum absolute atomic E-state index is 11.8. The van der Waals surface area contributed by atoms with Crippen molar-refractivity contribution in [3.8, 4) is 0 Å². The van der Waals surface area contributed by atoms with Crippen LogP contribution in [0.2, 0.25) is 0 Å². The van der Waals surface area contributed by atoms with E-state index in [1.807, 2.05) is 20.8 Å². The topological polar surface area (TPSA) is 17.1 Å². The summed E-state index contributed by atoms with van der Waals surface area (Å²) < 4.78 is 0. The molecule has 0 aromatic heterocycles. The summed E-state index contributed by atoms with van der Waals surface area (Å²) >= 11 is 0. The summed E-state index contributed by atoms with van der Waals surface area (Å²) in [6.07, 6.45) is 7.39. The maximum Gasteiger partial charge on any atom is 0.141 e. The molecule has 0 saturated heterocycles. The molecule has 0 N–H and O–H groups in total. The first kappa shape index (κ1) is 9.50. The van der Waals surface area contributed by atoms with Crippen LogP contribution in [0.25, 0.3) is 0 Å². The molecule has 0 amide bonds. The van der Waals surface area contributed by atoms with Gasteiger partial charge in [0.1, 0.15) is 5.78 Å². The molecule has 0 heterocycles. The Morgan fingerprint density at radius 3 is 2.42 bits per heavy atom. The zero-order chi connectivity index (χ0) is 9.19. The van der Waals surface area contributed by atoms with Gasteiger partial charge < -0.3 is 0 Å². The minimum Gasteiger partial charge on any atom is -0.299 e. The third kappa shape index (κ3) is 2.20. The Kier molecular flexibility index (Phi) is 2.71. The molecule has 0 bridgehead atoms. The Hall–Kier alpha value is -0.590. The smallest absolute Gasteiger partial charge is 0.141 e. The lowest BCUT2D eigenvalue weighted by Gasteiger charge is -2.25. The van der Waals surface area contributed by atoms with Crippen LogP contribution in [0.5, 0.6) is 0 Å². The second-order valence-corrected chi connectivity index (χ2v) is 4.60. The number of Topliss-reactive ketones (excluding diaryl/α,β-unsaturated/α-hetero) is 1. The molecule has 1 nitrogen and oxygen atoms in total. The van der Waals surface area contributed by atoms with Crippen LogP contribution < -0.4 is 0 Å². The molecule has 1 unspecified atom stereocenters. The fourth-order valence-corrected chi connectivity index (χ4v) is 1.64. The van der Waals surface area contributed by atoms with Gasteiger partial charge in [-0.1, -0.05) is 32.9 Å². The third-order valence-electron chi connectivity index (χ3n) is 2.38. The van der Waals surface area contributed by atoms with E-state index >= 15 is 0 Å². The van der Waals surface area contributed by atoms with Crippen molar-refractivity contribution >= 4 is 5.78 Å². The van der Waals surface area contributed by atoms with Crippen LogP contribution in [-0.4, -0.2) is 5.78 Å². The zero-order valence-electron chi connectivity index (χ0n) is 8.26. The predicted molar refractivity (Wildman–Crippen MR) is 50.9 cm³/mol.